The monoisotopic (exact) mass is 279 g/mol. The normalized spacial score (nSPS) is 19.2. The Labute approximate surface area is 119 Å². The predicted molar refractivity (Wildman–Crippen MR) is 78.2 cm³/mol. The average molecular weight is 279 g/mol. The lowest BCUT2D eigenvalue weighted by Gasteiger charge is -2.27. The van der Waals surface area contributed by atoms with Crippen LogP contribution in [0, 0.1) is 11.8 Å². The number of rotatable bonds is 4. The van der Waals surface area contributed by atoms with E-state index in [2.05, 4.69) is 29.9 Å². The van der Waals surface area contributed by atoms with Gasteiger partial charge in [0.1, 0.15) is 6.61 Å². The van der Waals surface area contributed by atoms with E-state index in [-0.39, 0.29) is 6.61 Å². The van der Waals surface area contributed by atoms with Gasteiger partial charge in [-0.2, -0.15) is 0 Å². The van der Waals surface area contributed by atoms with Crippen LogP contribution in [-0.2, 0) is 11.3 Å². The first kappa shape index (κ1) is 14.5. The molecule has 0 saturated carbocycles. The molecule has 0 aromatic carbocycles. The van der Waals surface area contributed by atoms with Crippen LogP contribution in [0.5, 0.6) is 0 Å². The van der Waals surface area contributed by atoms with E-state index in [4.69, 9.17) is 9.84 Å². The van der Waals surface area contributed by atoms with Crippen molar-refractivity contribution in [2.24, 2.45) is 0 Å². The third-order valence-electron chi connectivity index (χ3n) is 3.17. The molecule has 0 aliphatic carbocycles. The molecule has 1 N–H and O–H groups in total. The Hall–Kier alpha value is -0.860. The van der Waals surface area contributed by atoms with Gasteiger partial charge in [0.15, 0.2) is 0 Å². The fraction of sp³-hybridized carbons (Fsp3) is 0.600. The molecule has 0 unspecified atom stereocenters. The second kappa shape index (κ2) is 7.66. The summed E-state index contributed by atoms with van der Waals surface area (Å²) in [5, 5.41) is 8.67. The minimum atomic E-state index is -0.0772. The maximum atomic E-state index is 8.67. The van der Waals surface area contributed by atoms with Crippen molar-refractivity contribution in [1.29, 1.82) is 0 Å². The minimum Gasteiger partial charge on any atom is -0.384 e. The first-order valence-corrected chi connectivity index (χ1v) is 7.58. The molecule has 0 bridgehead atoms. The Morgan fingerprint density at radius 2 is 2.37 bits per heavy atom. The van der Waals surface area contributed by atoms with Gasteiger partial charge in [0.05, 0.1) is 11.0 Å². The van der Waals surface area contributed by atoms with Crippen LogP contribution >= 0.6 is 11.3 Å². The fourth-order valence-corrected chi connectivity index (χ4v) is 3.25. The zero-order chi connectivity index (χ0) is 13.5. The number of ether oxygens (including phenoxy) is 1. The molecule has 1 aliphatic heterocycles. The number of aliphatic hydroxyl groups is 1. The summed E-state index contributed by atoms with van der Waals surface area (Å²) in [5.74, 6) is 5.62. The average Bonchev–Trinajstić information content (AvgIpc) is 2.85. The standard InChI is InChI=1S/C15H21NO2S/c1-16(11-13-5-2-3-10-18-13)12-15-8-7-14(19-15)6-4-9-17/h7-8,13,17H,2-3,5,9-12H2,1H3/t13-/m0/s1. The zero-order valence-corrected chi connectivity index (χ0v) is 12.2. The van der Waals surface area contributed by atoms with Crippen molar-refractivity contribution < 1.29 is 9.84 Å². The van der Waals surface area contributed by atoms with Crippen molar-refractivity contribution in [3.05, 3.63) is 21.9 Å². The Morgan fingerprint density at radius 1 is 1.47 bits per heavy atom. The first-order chi connectivity index (χ1) is 9.28. The molecule has 104 valence electrons. The smallest absolute Gasteiger partial charge is 0.104 e. The molecule has 2 rings (SSSR count). The Balaban J connectivity index is 1.80. The number of hydrogen-bond acceptors (Lipinski definition) is 4. The topological polar surface area (TPSA) is 32.7 Å². The van der Waals surface area contributed by atoms with E-state index < -0.39 is 0 Å². The molecular weight excluding hydrogens is 258 g/mol. The maximum absolute atomic E-state index is 8.67. The van der Waals surface area contributed by atoms with Crippen LogP contribution in [0.15, 0.2) is 12.1 Å². The van der Waals surface area contributed by atoms with Gasteiger partial charge in [-0.3, -0.25) is 4.90 Å². The summed E-state index contributed by atoms with van der Waals surface area (Å²) < 4.78 is 5.76. The highest BCUT2D eigenvalue weighted by atomic mass is 32.1. The zero-order valence-electron chi connectivity index (χ0n) is 11.4. The number of nitrogens with zero attached hydrogens (tertiary/aromatic N) is 1. The van der Waals surface area contributed by atoms with Gasteiger partial charge in [0, 0.05) is 24.6 Å². The van der Waals surface area contributed by atoms with Gasteiger partial charge >= 0.3 is 0 Å². The summed E-state index contributed by atoms with van der Waals surface area (Å²) in [4.78, 5) is 4.64. The molecule has 19 heavy (non-hydrogen) atoms. The van der Waals surface area contributed by atoms with Crippen LogP contribution in [-0.4, -0.2) is 42.9 Å². The van der Waals surface area contributed by atoms with Crippen LogP contribution < -0.4 is 0 Å². The number of thiophene rings is 1. The summed E-state index contributed by atoms with van der Waals surface area (Å²) >= 11 is 1.70. The second-order valence-corrected chi connectivity index (χ2v) is 6.08. The van der Waals surface area contributed by atoms with Gasteiger partial charge in [0.25, 0.3) is 0 Å². The summed E-state index contributed by atoms with van der Waals surface area (Å²) in [5.41, 5.74) is 0. The molecule has 0 amide bonds. The molecule has 3 nitrogen and oxygen atoms in total. The third-order valence-corrected chi connectivity index (χ3v) is 4.15. The molecule has 1 atom stereocenters. The maximum Gasteiger partial charge on any atom is 0.104 e. The van der Waals surface area contributed by atoms with E-state index in [0.717, 1.165) is 24.6 Å². The van der Waals surface area contributed by atoms with Crippen LogP contribution in [0.1, 0.15) is 29.0 Å². The van der Waals surface area contributed by atoms with Crippen molar-refractivity contribution in [3.8, 4) is 11.8 Å². The molecule has 2 heterocycles. The van der Waals surface area contributed by atoms with Gasteiger partial charge in [-0.1, -0.05) is 11.8 Å². The van der Waals surface area contributed by atoms with E-state index >= 15 is 0 Å². The van der Waals surface area contributed by atoms with Gasteiger partial charge in [-0.15, -0.1) is 11.3 Å². The molecule has 1 fully saturated rings. The minimum absolute atomic E-state index is 0.0772. The molecule has 1 aliphatic rings. The van der Waals surface area contributed by atoms with Crippen LogP contribution in [0.25, 0.3) is 0 Å². The van der Waals surface area contributed by atoms with E-state index in [0.29, 0.717) is 6.10 Å². The van der Waals surface area contributed by atoms with Crippen molar-refractivity contribution in [2.45, 2.75) is 31.9 Å². The second-order valence-electron chi connectivity index (χ2n) is 4.91. The summed E-state index contributed by atoms with van der Waals surface area (Å²) in [7, 11) is 2.14. The Morgan fingerprint density at radius 3 is 3.11 bits per heavy atom. The first-order valence-electron chi connectivity index (χ1n) is 6.76. The summed E-state index contributed by atoms with van der Waals surface area (Å²) in [6, 6.07) is 4.14. The third kappa shape index (κ3) is 4.96. The highest BCUT2D eigenvalue weighted by molar-refractivity contribution is 7.12. The Bertz CT molecular complexity index is 440. The van der Waals surface area contributed by atoms with Gasteiger partial charge < -0.3 is 9.84 Å². The van der Waals surface area contributed by atoms with Gasteiger partial charge in [0.2, 0.25) is 0 Å². The van der Waals surface area contributed by atoms with Crippen molar-refractivity contribution in [2.75, 3.05) is 26.8 Å². The van der Waals surface area contributed by atoms with E-state index in [9.17, 15) is 0 Å². The molecule has 1 saturated heterocycles. The van der Waals surface area contributed by atoms with Gasteiger partial charge in [-0.25, -0.2) is 0 Å². The largest absolute Gasteiger partial charge is 0.384 e. The highest BCUT2D eigenvalue weighted by Crippen LogP contribution is 2.18. The quantitative estimate of drug-likeness (QED) is 0.857. The van der Waals surface area contributed by atoms with Crippen LogP contribution in [0.4, 0.5) is 0 Å². The van der Waals surface area contributed by atoms with Crippen LogP contribution in [0.2, 0.25) is 0 Å². The van der Waals surface area contributed by atoms with Crippen molar-refractivity contribution in [1.82, 2.24) is 4.90 Å². The molecule has 1 aromatic heterocycles. The molecule has 0 radical (unpaired) electrons. The molecule has 0 spiro atoms. The van der Waals surface area contributed by atoms with Crippen molar-refractivity contribution >= 4 is 11.3 Å². The Kier molecular flexibility index (Phi) is 5.87. The number of aliphatic hydroxyl groups excluding tert-OH is 1. The van der Waals surface area contributed by atoms with Gasteiger partial charge in [-0.05, 0) is 38.4 Å². The highest BCUT2D eigenvalue weighted by Gasteiger charge is 2.16. The predicted octanol–water partition coefficient (Wildman–Crippen LogP) is 2.09. The van der Waals surface area contributed by atoms with E-state index in [1.807, 2.05) is 6.07 Å². The fourth-order valence-electron chi connectivity index (χ4n) is 2.29. The molecule has 4 heteroatoms. The number of likely N-dealkylation sites (N-methyl/N-ethyl adjacent to an activating group) is 1. The van der Waals surface area contributed by atoms with E-state index in [1.54, 1.807) is 11.3 Å². The lowest BCUT2D eigenvalue weighted by atomic mass is 10.1. The summed E-state index contributed by atoms with van der Waals surface area (Å²) in [6.45, 7) is 2.77. The van der Waals surface area contributed by atoms with Crippen molar-refractivity contribution in [3.63, 3.8) is 0 Å². The SMILES string of the molecule is CN(Cc1ccc(C#CCO)s1)C[C@@H]1CCCCO1. The lowest BCUT2D eigenvalue weighted by molar-refractivity contribution is -0.00245. The number of hydrogen-bond donors (Lipinski definition) is 1. The lowest BCUT2D eigenvalue weighted by Crippen LogP contribution is -2.32. The summed E-state index contributed by atoms with van der Waals surface area (Å²) in [6.07, 6.45) is 4.07. The van der Waals surface area contributed by atoms with E-state index in [1.165, 1.54) is 24.1 Å². The molecular formula is C15H21NO2S. The molecule has 1 aromatic rings. The van der Waals surface area contributed by atoms with Crippen LogP contribution in [0.3, 0.4) is 0 Å².